The minimum absolute atomic E-state index is 0.0468. The van der Waals surface area contributed by atoms with Crippen LogP contribution in [0, 0.1) is 0 Å². The van der Waals surface area contributed by atoms with Gasteiger partial charge < -0.3 is 9.47 Å². The summed E-state index contributed by atoms with van der Waals surface area (Å²) in [6.07, 6.45) is 0. The van der Waals surface area contributed by atoms with Gasteiger partial charge in [0, 0.05) is 13.1 Å². The van der Waals surface area contributed by atoms with Crippen LogP contribution in [0.2, 0.25) is 5.02 Å². The molecule has 0 N–H and O–H groups in total. The number of hydrogen-bond donors (Lipinski definition) is 0. The molecule has 114 valence electrons. The first-order chi connectivity index (χ1) is 10.0. The van der Waals surface area contributed by atoms with Crippen LogP contribution in [-0.4, -0.2) is 33.4 Å². The minimum atomic E-state index is -0.386. The fourth-order valence-corrected chi connectivity index (χ4v) is 3.03. The van der Waals surface area contributed by atoms with Crippen molar-refractivity contribution in [3.63, 3.8) is 0 Å². The van der Waals surface area contributed by atoms with Gasteiger partial charge in [-0.25, -0.2) is 4.98 Å². The number of fused-ring (bicyclic) bond motifs is 1. The van der Waals surface area contributed by atoms with Crippen molar-refractivity contribution in [1.29, 1.82) is 0 Å². The summed E-state index contributed by atoms with van der Waals surface area (Å²) in [5, 5.41) is 0.579. The van der Waals surface area contributed by atoms with Crippen LogP contribution >= 0.6 is 23.2 Å². The molecule has 2 rings (SSSR count). The van der Waals surface area contributed by atoms with Crippen molar-refractivity contribution in [2.24, 2.45) is 0 Å². The molecule has 0 aliphatic rings. The van der Waals surface area contributed by atoms with Crippen molar-refractivity contribution >= 4 is 40.1 Å². The van der Waals surface area contributed by atoms with Gasteiger partial charge in [-0.3, -0.25) is 4.79 Å². The molecular weight excluding hydrogens is 309 g/mol. The molecule has 1 amide bonds. The zero-order valence-corrected chi connectivity index (χ0v) is 13.9. The number of imidazole rings is 1. The topological polar surface area (TPSA) is 38.1 Å². The highest BCUT2D eigenvalue weighted by Gasteiger charge is 2.25. The van der Waals surface area contributed by atoms with Crippen molar-refractivity contribution in [3.8, 4) is 0 Å². The number of nitrogens with zero attached hydrogens (tertiary/aromatic N) is 3. The minimum Gasteiger partial charge on any atom is -0.341 e. The molecule has 1 heterocycles. The van der Waals surface area contributed by atoms with E-state index in [9.17, 15) is 4.79 Å². The number of likely N-dealkylation sites (N-methyl/N-ethyl adjacent to an activating group) is 1. The number of hydrogen-bond acceptors (Lipinski definition) is 2. The van der Waals surface area contributed by atoms with Crippen LogP contribution < -0.4 is 0 Å². The smallest absolute Gasteiger partial charge is 0.245 e. The summed E-state index contributed by atoms with van der Waals surface area (Å²) < 4.78 is 1.85. The number of halogens is 2. The van der Waals surface area contributed by atoms with Gasteiger partial charge >= 0.3 is 0 Å². The fourth-order valence-electron chi connectivity index (χ4n) is 2.58. The number of carbonyl (C=O) groups is 1. The van der Waals surface area contributed by atoms with E-state index in [4.69, 9.17) is 23.2 Å². The van der Waals surface area contributed by atoms with Gasteiger partial charge in [0.2, 0.25) is 5.91 Å². The summed E-state index contributed by atoms with van der Waals surface area (Å²) in [5.74, 6) is 0.944. The highest BCUT2D eigenvalue weighted by molar-refractivity contribution is 6.35. The molecule has 4 nitrogen and oxygen atoms in total. The first-order valence-corrected chi connectivity index (χ1v) is 7.96. The molecule has 0 radical (unpaired) electrons. The lowest BCUT2D eigenvalue weighted by Gasteiger charge is -2.25. The number of benzene rings is 1. The molecule has 1 aromatic carbocycles. The van der Waals surface area contributed by atoms with Crippen molar-refractivity contribution in [2.45, 2.75) is 32.7 Å². The van der Waals surface area contributed by atoms with Gasteiger partial charge in [0.05, 0.1) is 21.9 Å². The molecule has 0 bridgehead atoms. The molecule has 1 atom stereocenters. The monoisotopic (exact) mass is 327 g/mol. The average Bonchev–Trinajstić information content (AvgIpc) is 2.87. The molecule has 6 heteroatoms. The lowest BCUT2D eigenvalue weighted by molar-refractivity contribution is -0.133. The van der Waals surface area contributed by atoms with E-state index in [1.54, 1.807) is 11.0 Å². The van der Waals surface area contributed by atoms with E-state index in [0.29, 0.717) is 23.9 Å². The maximum absolute atomic E-state index is 12.6. The molecule has 21 heavy (non-hydrogen) atoms. The van der Waals surface area contributed by atoms with Gasteiger partial charge in [0.15, 0.2) is 0 Å². The van der Waals surface area contributed by atoms with E-state index < -0.39 is 0 Å². The third-order valence-electron chi connectivity index (χ3n) is 3.67. The van der Waals surface area contributed by atoms with Crippen LogP contribution in [0.15, 0.2) is 18.2 Å². The third kappa shape index (κ3) is 2.87. The van der Waals surface area contributed by atoms with Gasteiger partial charge in [-0.15, -0.1) is 11.6 Å². The Kier molecular flexibility index (Phi) is 5.12. The molecule has 0 fully saturated rings. The van der Waals surface area contributed by atoms with Crippen LogP contribution in [0.4, 0.5) is 0 Å². The van der Waals surface area contributed by atoms with Crippen molar-refractivity contribution in [3.05, 3.63) is 29.0 Å². The summed E-state index contributed by atoms with van der Waals surface area (Å²) in [4.78, 5) is 18.9. The number of rotatable bonds is 5. The molecule has 0 aliphatic heterocycles. The summed E-state index contributed by atoms with van der Waals surface area (Å²) in [6.45, 7) is 7.15. The lowest BCUT2D eigenvalue weighted by Crippen LogP contribution is -2.36. The molecule has 2 aromatic rings. The van der Waals surface area contributed by atoms with Crippen LogP contribution in [0.3, 0.4) is 0 Å². The third-order valence-corrected chi connectivity index (χ3v) is 4.22. The summed E-state index contributed by atoms with van der Waals surface area (Å²) >= 11 is 12.3. The predicted octanol–water partition coefficient (Wildman–Crippen LogP) is 3.86. The maximum Gasteiger partial charge on any atom is 0.245 e. The second kappa shape index (κ2) is 6.67. The van der Waals surface area contributed by atoms with Crippen LogP contribution in [0.1, 0.15) is 32.6 Å². The van der Waals surface area contributed by atoms with Crippen molar-refractivity contribution < 1.29 is 4.79 Å². The molecule has 1 aromatic heterocycles. The number of amides is 1. The standard InChI is InChI=1S/C15H19Cl2N3O/c1-4-19(5-2)15(21)10(3)20-13(9-16)18-12-8-6-7-11(17)14(12)20/h6-8,10H,4-5,9H2,1-3H3. The molecule has 0 saturated carbocycles. The normalized spacial score (nSPS) is 12.6. The lowest BCUT2D eigenvalue weighted by atomic mass is 10.2. The van der Waals surface area contributed by atoms with E-state index in [1.165, 1.54) is 0 Å². The molecule has 0 saturated heterocycles. The average molecular weight is 328 g/mol. The summed E-state index contributed by atoms with van der Waals surface area (Å²) in [7, 11) is 0. The Labute approximate surface area is 134 Å². The second-order valence-electron chi connectivity index (χ2n) is 4.83. The van der Waals surface area contributed by atoms with Gasteiger partial charge in [-0.1, -0.05) is 17.7 Å². The Morgan fingerprint density at radius 3 is 2.62 bits per heavy atom. The number of para-hydroxylation sites is 1. The summed E-state index contributed by atoms with van der Waals surface area (Å²) in [6, 6.07) is 5.14. The number of alkyl halides is 1. The Morgan fingerprint density at radius 1 is 1.38 bits per heavy atom. The molecule has 1 unspecified atom stereocenters. The second-order valence-corrected chi connectivity index (χ2v) is 5.50. The Morgan fingerprint density at radius 2 is 2.05 bits per heavy atom. The van der Waals surface area contributed by atoms with Crippen molar-refractivity contribution in [2.75, 3.05) is 13.1 Å². The van der Waals surface area contributed by atoms with E-state index in [2.05, 4.69) is 4.98 Å². The summed E-state index contributed by atoms with van der Waals surface area (Å²) in [5.41, 5.74) is 1.53. The fraction of sp³-hybridized carbons (Fsp3) is 0.467. The maximum atomic E-state index is 12.6. The number of carbonyl (C=O) groups excluding carboxylic acids is 1. The van der Waals surface area contributed by atoms with Crippen molar-refractivity contribution in [1.82, 2.24) is 14.5 Å². The van der Waals surface area contributed by atoms with E-state index >= 15 is 0 Å². The first-order valence-electron chi connectivity index (χ1n) is 7.05. The van der Waals surface area contributed by atoms with E-state index in [1.807, 2.05) is 37.5 Å². The Balaban J connectivity index is 2.56. The van der Waals surface area contributed by atoms with Crippen LogP contribution in [0.25, 0.3) is 11.0 Å². The van der Waals surface area contributed by atoms with Crippen LogP contribution in [-0.2, 0) is 10.7 Å². The van der Waals surface area contributed by atoms with Crippen LogP contribution in [0.5, 0.6) is 0 Å². The zero-order chi connectivity index (χ0) is 15.6. The predicted molar refractivity (Wildman–Crippen MR) is 86.9 cm³/mol. The first kappa shape index (κ1) is 16.1. The highest BCUT2D eigenvalue weighted by atomic mass is 35.5. The zero-order valence-electron chi connectivity index (χ0n) is 12.4. The Hall–Kier alpha value is -1.26. The van der Waals surface area contributed by atoms with E-state index in [-0.39, 0.29) is 17.8 Å². The van der Waals surface area contributed by atoms with Gasteiger partial charge in [0.1, 0.15) is 11.9 Å². The van der Waals surface area contributed by atoms with E-state index in [0.717, 1.165) is 11.0 Å². The number of aromatic nitrogens is 2. The van der Waals surface area contributed by atoms with Gasteiger partial charge in [-0.2, -0.15) is 0 Å². The molecule has 0 aliphatic carbocycles. The quantitative estimate of drug-likeness (QED) is 0.782. The molecular formula is C15H19Cl2N3O. The SMILES string of the molecule is CCN(CC)C(=O)C(C)n1c(CCl)nc2cccc(Cl)c21. The Bertz CT molecular complexity index is 650. The highest BCUT2D eigenvalue weighted by Crippen LogP contribution is 2.29. The molecule has 0 spiro atoms. The van der Waals surface area contributed by atoms with Gasteiger partial charge in [-0.05, 0) is 32.9 Å². The largest absolute Gasteiger partial charge is 0.341 e. The van der Waals surface area contributed by atoms with Gasteiger partial charge in [0.25, 0.3) is 0 Å².